The summed E-state index contributed by atoms with van der Waals surface area (Å²) in [7, 11) is -3.23. The summed E-state index contributed by atoms with van der Waals surface area (Å²) in [6.45, 7) is 6.53. The standard InChI is InChI=1S/C15H26N2O2S/c1-4-11-20(18,19)14-10-8-7-9-13(14)17-12-15(16,5-2)6-3/h7-10,17H,4-6,11-12,16H2,1-3H3. The predicted octanol–water partition coefficient (Wildman–Crippen LogP) is 2.80. The number of sulfone groups is 1. The third kappa shape index (κ3) is 4.21. The van der Waals surface area contributed by atoms with Gasteiger partial charge in [-0.1, -0.05) is 32.9 Å². The van der Waals surface area contributed by atoms with Gasteiger partial charge < -0.3 is 11.1 Å². The van der Waals surface area contributed by atoms with Gasteiger partial charge in [0.2, 0.25) is 0 Å². The molecule has 3 N–H and O–H groups in total. The molecule has 1 aromatic carbocycles. The van der Waals surface area contributed by atoms with Gasteiger partial charge in [-0.05, 0) is 31.4 Å². The molecular weight excluding hydrogens is 272 g/mol. The molecule has 20 heavy (non-hydrogen) atoms. The second-order valence-electron chi connectivity index (χ2n) is 5.24. The van der Waals surface area contributed by atoms with Gasteiger partial charge in [-0.3, -0.25) is 0 Å². The summed E-state index contributed by atoms with van der Waals surface area (Å²) in [5, 5.41) is 3.22. The third-order valence-electron chi connectivity index (χ3n) is 3.73. The molecule has 1 rings (SSSR count). The van der Waals surface area contributed by atoms with E-state index in [9.17, 15) is 8.42 Å². The van der Waals surface area contributed by atoms with E-state index in [4.69, 9.17) is 5.73 Å². The second-order valence-corrected chi connectivity index (χ2v) is 7.32. The van der Waals surface area contributed by atoms with Gasteiger partial charge in [-0.15, -0.1) is 0 Å². The Morgan fingerprint density at radius 1 is 1.15 bits per heavy atom. The van der Waals surface area contributed by atoms with Crippen LogP contribution in [0.1, 0.15) is 40.0 Å². The van der Waals surface area contributed by atoms with Gasteiger partial charge in [0, 0.05) is 12.1 Å². The van der Waals surface area contributed by atoms with Gasteiger partial charge >= 0.3 is 0 Å². The molecule has 0 bridgehead atoms. The highest BCUT2D eigenvalue weighted by Crippen LogP contribution is 2.23. The van der Waals surface area contributed by atoms with Crippen molar-refractivity contribution < 1.29 is 8.42 Å². The van der Waals surface area contributed by atoms with E-state index < -0.39 is 9.84 Å². The largest absolute Gasteiger partial charge is 0.382 e. The minimum atomic E-state index is -3.23. The monoisotopic (exact) mass is 298 g/mol. The first-order chi connectivity index (χ1) is 9.38. The molecule has 0 fully saturated rings. The zero-order valence-corrected chi connectivity index (χ0v) is 13.5. The average Bonchev–Trinajstić information content (AvgIpc) is 2.45. The van der Waals surface area contributed by atoms with Crippen LogP contribution in [0.15, 0.2) is 29.2 Å². The van der Waals surface area contributed by atoms with Crippen LogP contribution in [-0.4, -0.2) is 26.3 Å². The number of para-hydroxylation sites is 1. The van der Waals surface area contributed by atoms with E-state index in [0.717, 1.165) is 12.8 Å². The Bertz CT molecular complexity index is 522. The fraction of sp³-hybridized carbons (Fsp3) is 0.600. The Kier molecular flexibility index (Phi) is 6.02. The number of rotatable bonds is 8. The minimum Gasteiger partial charge on any atom is -0.382 e. The van der Waals surface area contributed by atoms with Crippen LogP contribution in [0.4, 0.5) is 5.69 Å². The first-order valence-electron chi connectivity index (χ1n) is 7.23. The highest BCUT2D eigenvalue weighted by Gasteiger charge is 2.22. The Morgan fingerprint density at radius 3 is 2.30 bits per heavy atom. The minimum absolute atomic E-state index is 0.168. The zero-order valence-electron chi connectivity index (χ0n) is 12.6. The number of nitrogens with one attached hydrogen (secondary N) is 1. The number of hydrogen-bond donors (Lipinski definition) is 2. The molecule has 0 aliphatic rings. The van der Waals surface area contributed by atoms with Crippen LogP contribution in [-0.2, 0) is 9.84 Å². The molecule has 0 atom stereocenters. The van der Waals surface area contributed by atoms with E-state index in [1.165, 1.54) is 0 Å². The topological polar surface area (TPSA) is 72.2 Å². The van der Waals surface area contributed by atoms with Gasteiger partial charge in [-0.2, -0.15) is 0 Å². The first kappa shape index (κ1) is 17.0. The first-order valence-corrected chi connectivity index (χ1v) is 8.88. The normalized spacial score (nSPS) is 12.4. The van der Waals surface area contributed by atoms with E-state index in [-0.39, 0.29) is 11.3 Å². The number of hydrogen-bond acceptors (Lipinski definition) is 4. The highest BCUT2D eigenvalue weighted by molar-refractivity contribution is 7.91. The lowest BCUT2D eigenvalue weighted by Gasteiger charge is -2.28. The quantitative estimate of drug-likeness (QED) is 0.774. The van der Waals surface area contributed by atoms with E-state index in [2.05, 4.69) is 5.32 Å². The molecule has 0 saturated carbocycles. The molecule has 0 unspecified atom stereocenters. The van der Waals surface area contributed by atoms with Crippen LogP contribution >= 0.6 is 0 Å². The van der Waals surface area contributed by atoms with Crippen molar-refractivity contribution in [3.63, 3.8) is 0 Å². The summed E-state index contributed by atoms with van der Waals surface area (Å²) >= 11 is 0. The maximum absolute atomic E-state index is 12.2. The van der Waals surface area contributed by atoms with Crippen LogP contribution in [0.25, 0.3) is 0 Å². The van der Waals surface area contributed by atoms with Crippen molar-refractivity contribution in [1.82, 2.24) is 0 Å². The van der Waals surface area contributed by atoms with Crippen molar-refractivity contribution in [3.05, 3.63) is 24.3 Å². The van der Waals surface area contributed by atoms with E-state index >= 15 is 0 Å². The van der Waals surface area contributed by atoms with E-state index in [1.807, 2.05) is 26.8 Å². The van der Waals surface area contributed by atoms with E-state index in [0.29, 0.717) is 23.5 Å². The Morgan fingerprint density at radius 2 is 1.75 bits per heavy atom. The Hall–Kier alpha value is -1.07. The van der Waals surface area contributed by atoms with Crippen LogP contribution < -0.4 is 11.1 Å². The third-order valence-corrected chi connectivity index (χ3v) is 5.71. The van der Waals surface area contributed by atoms with Gasteiger partial charge in [-0.25, -0.2) is 8.42 Å². The molecule has 5 heteroatoms. The number of benzene rings is 1. The van der Waals surface area contributed by atoms with Crippen LogP contribution in [0.2, 0.25) is 0 Å². The van der Waals surface area contributed by atoms with Crippen LogP contribution in [0.3, 0.4) is 0 Å². The smallest absolute Gasteiger partial charge is 0.180 e. The highest BCUT2D eigenvalue weighted by atomic mass is 32.2. The molecule has 4 nitrogen and oxygen atoms in total. The maximum Gasteiger partial charge on any atom is 0.180 e. The fourth-order valence-electron chi connectivity index (χ4n) is 2.03. The Balaban J connectivity index is 2.98. The van der Waals surface area contributed by atoms with Gasteiger partial charge in [0.1, 0.15) is 0 Å². The van der Waals surface area contributed by atoms with E-state index in [1.54, 1.807) is 18.2 Å². The van der Waals surface area contributed by atoms with Crippen molar-refractivity contribution in [1.29, 1.82) is 0 Å². The summed E-state index contributed by atoms with van der Waals surface area (Å²) in [5.74, 6) is 0.168. The number of nitrogens with two attached hydrogens (primary N) is 1. The Labute approximate surface area is 122 Å². The van der Waals surface area contributed by atoms with Crippen molar-refractivity contribution in [3.8, 4) is 0 Å². The lowest BCUT2D eigenvalue weighted by molar-refractivity contribution is 0.418. The van der Waals surface area contributed by atoms with Gasteiger partial charge in [0.15, 0.2) is 9.84 Å². The molecule has 0 aliphatic carbocycles. The zero-order chi connectivity index (χ0) is 15.2. The average molecular weight is 298 g/mol. The molecule has 0 aliphatic heterocycles. The summed E-state index contributed by atoms with van der Waals surface area (Å²) in [4.78, 5) is 0.372. The van der Waals surface area contributed by atoms with Gasteiger partial charge in [0.25, 0.3) is 0 Å². The summed E-state index contributed by atoms with van der Waals surface area (Å²) in [6, 6.07) is 7.05. The van der Waals surface area contributed by atoms with Crippen molar-refractivity contribution >= 4 is 15.5 Å². The van der Waals surface area contributed by atoms with Crippen LogP contribution in [0, 0.1) is 0 Å². The SMILES string of the molecule is CCCS(=O)(=O)c1ccccc1NCC(N)(CC)CC. The molecule has 0 saturated heterocycles. The molecular formula is C15H26N2O2S. The molecule has 0 spiro atoms. The maximum atomic E-state index is 12.2. The van der Waals surface area contributed by atoms with Crippen molar-refractivity contribution in [2.75, 3.05) is 17.6 Å². The number of anilines is 1. The summed E-state index contributed by atoms with van der Waals surface area (Å²) < 4.78 is 24.5. The van der Waals surface area contributed by atoms with Gasteiger partial charge in [0.05, 0.1) is 16.3 Å². The fourth-order valence-corrected chi connectivity index (χ4v) is 3.55. The van der Waals surface area contributed by atoms with Crippen molar-refractivity contribution in [2.24, 2.45) is 5.73 Å². The summed E-state index contributed by atoms with van der Waals surface area (Å²) in [5.41, 5.74) is 6.60. The predicted molar refractivity (Wildman–Crippen MR) is 84.8 cm³/mol. The lowest BCUT2D eigenvalue weighted by Crippen LogP contribution is -2.45. The summed E-state index contributed by atoms with van der Waals surface area (Å²) in [6.07, 6.45) is 2.31. The molecule has 114 valence electrons. The second kappa shape index (κ2) is 7.09. The van der Waals surface area contributed by atoms with Crippen molar-refractivity contribution in [2.45, 2.75) is 50.5 Å². The van der Waals surface area contributed by atoms with Crippen LogP contribution in [0.5, 0.6) is 0 Å². The molecule has 1 aromatic rings. The molecule has 0 radical (unpaired) electrons. The molecule has 0 aromatic heterocycles. The molecule has 0 amide bonds. The lowest BCUT2D eigenvalue weighted by atomic mass is 9.94. The molecule has 0 heterocycles.